The van der Waals surface area contributed by atoms with Crippen LogP contribution < -0.4 is 0 Å². The fourth-order valence-corrected chi connectivity index (χ4v) is 2.48. The van der Waals surface area contributed by atoms with Gasteiger partial charge in [-0.3, -0.25) is 0 Å². The minimum atomic E-state index is 0.394. The van der Waals surface area contributed by atoms with E-state index in [1.54, 1.807) is 11.8 Å². The Balaban J connectivity index is 2.18. The summed E-state index contributed by atoms with van der Waals surface area (Å²) in [6.07, 6.45) is 0. The molecule has 0 aliphatic carbocycles. The fraction of sp³-hybridized carbons (Fsp3) is 0.667. The summed E-state index contributed by atoms with van der Waals surface area (Å²) in [7, 11) is 0. The lowest BCUT2D eigenvalue weighted by Crippen LogP contribution is -2.11. The van der Waals surface area contributed by atoms with Crippen LogP contribution in [0.15, 0.2) is 10.8 Å². The van der Waals surface area contributed by atoms with Crippen LogP contribution in [-0.4, -0.2) is 17.8 Å². The number of thioether (sulfide) groups is 2. The maximum absolute atomic E-state index is 5.37. The molecule has 1 atom stereocenters. The summed E-state index contributed by atoms with van der Waals surface area (Å²) in [5.41, 5.74) is 0.394. The molecule has 1 unspecified atom stereocenters. The van der Waals surface area contributed by atoms with Crippen molar-refractivity contribution in [2.24, 2.45) is 0 Å². The average molecular weight is 162 g/mol. The molecule has 0 saturated carbocycles. The van der Waals surface area contributed by atoms with E-state index in [9.17, 15) is 0 Å². The third kappa shape index (κ3) is 2.65. The van der Waals surface area contributed by atoms with Gasteiger partial charge in [-0.05, 0) is 17.7 Å². The van der Waals surface area contributed by atoms with Crippen molar-refractivity contribution in [3.63, 3.8) is 0 Å². The summed E-state index contributed by atoms with van der Waals surface area (Å²) in [6.45, 7) is 2.86. The van der Waals surface area contributed by atoms with Crippen molar-refractivity contribution in [1.29, 1.82) is 0 Å². The molecule has 0 spiro atoms. The number of rotatable bonds is 2. The van der Waals surface area contributed by atoms with E-state index in [2.05, 4.69) is 10.8 Å². The number of hydrogen-bond donors (Lipinski definition) is 0. The van der Waals surface area contributed by atoms with Crippen LogP contribution in [0.5, 0.6) is 0 Å². The first-order chi connectivity index (χ1) is 4.43. The molecule has 0 fully saturated rings. The second-order valence-electron chi connectivity index (χ2n) is 1.63. The monoisotopic (exact) mass is 162 g/mol. The second kappa shape index (κ2) is 4.25. The van der Waals surface area contributed by atoms with E-state index >= 15 is 0 Å². The van der Waals surface area contributed by atoms with E-state index in [4.69, 9.17) is 4.74 Å². The number of ether oxygens (including phenoxy) is 1. The van der Waals surface area contributed by atoms with E-state index in [1.807, 2.05) is 18.7 Å². The normalized spacial score (nSPS) is 26.6. The lowest BCUT2D eigenvalue weighted by atomic mass is 10.8. The van der Waals surface area contributed by atoms with Crippen molar-refractivity contribution in [3.05, 3.63) is 10.8 Å². The van der Waals surface area contributed by atoms with Gasteiger partial charge < -0.3 is 4.74 Å². The Labute approximate surface area is 64.2 Å². The van der Waals surface area contributed by atoms with Gasteiger partial charge in [-0.25, -0.2) is 0 Å². The molecule has 52 valence electrons. The second-order valence-corrected chi connectivity index (χ2v) is 3.64. The molecule has 0 aromatic heterocycles. The molecule has 0 radical (unpaired) electrons. The molecular formula is C6H10OS2. The van der Waals surface area contributed by atoms with Crippen molar-refractivity contribution >= 4 is 23.5 Å². The van der Waals surface area contributed by atoms with Gasteiger partial charge in [0.15, 0.2) is 0 Å². The topological polar surface area (TPSA) is 9.23 Å². The molecule has 0 saturated heterocycles. The maximum Gasteiger partial charge on any atom is 0.116 e. The molecular weight excluding hydrogens is 152 g/mol. The van der Waals surface area contributed by atoms with Crippen LogP contribution in [-0.2, 0) is 4.74 Å². The van der Waals surface area contributed by atoms with Gasteiger partial charge in [0.1, 0.15) is 5.44 Å². The Morgan fingerprint density at radius 3 is 3.11 bits per heavy atom. The molecule has 0 aromatic carbocycles. The Hall–Kier alpha value is 0.400. The van der Waals surface area contributed by atoms with Crippen LogP contribution in [0.25, 0.3) is 0 Å². The van der Waals surface area contributed by atoms with Gasteiger partial charge >= 0.3 is 0 Å². The Kier molecular flexibility index (Phi) is 3.55. The zero-order valence-corrected chi connectivity index (χ0v) is 7.00. The highest BCUT2D eigenvalue weighted by molar-refractivity contribution is 8.09. The highest BCUT2D eigenvalue weighted by Gasteiger charge is 2.08. The van der Waals surface area contributed by atoms with Crippen LogP contribution in [0, 0.1) is 0 Å². The van der Waals surface area contributed by atoms with Crippen LogP contribution in [0.4, 0.5) is 0 Å². The first-order valence-corrected chi connectivity index (χ1v) is 4.96. The Morgan fingerprint density at radius 1 is 1.67 bits per heavy atom. The summed E-state index contributed by atoms with van der Waals surface area (Å²) < 4.78 is 5.37. The highest BCUT2D eigenvalue weighted by atomic mass is 32.2. The van der Waals surface area contributed by atoms with E-state index in [0.29, 0.717) is 5.44 Å². The maximum atomic E-state index is 5.37. The first-order valence-electron chi connectivity index (χ1n) is 2.97. The van der Waals surface area contributed by atoms with Crippen molar-refractivity contribution < 1.29 is 4.74 Å². The lowest BCUT2D eigenvalue weighted by molar-refractivity contribution is 0.140. The van der Waals surface area contributed by atoms with Crippen molar-refractivity contribution in [2.75, 3.05) is 12.4 Å². The van der Waals surface area contributed by atoms with Crippen LogP contribution in [0.3, 0.4) is 0 Å². The molecule has 0 amide bonds. The summed E-state index contributed by atoms with van der Waals surface area (Å²) in [4.78, 5) is 0. The molecule has 0 N–H and O–H groups in total. The van der Waals surface area contributed by atoms with Crippen molar-refractivity contribution in [3.8, 4) is 0 Å². The highest BCUT2D eigenvalue weighted by Crippen LogP contribution is 2.25. The summed E-state index contributed by atoms with van der Waals surface area (Å²) in [5, 5.41) is 4.20. The molecule has 1 rings (SSSR count). The summed E-state index contributed by atoms with van der Waals surface area (Å²) in [6, 6.07) is 0. The van der Waals surface area contributed by atoms with Gasteiger partial charge in [0.2, 0.25) is 0 Å². The molecule has 3 heteroatoms. The minimum Gasteiger partial charge on any atom is -0.367 e. The van der Waals surface area contributed by atoms with E-state index in [0.717, 1.165) is 12.4 Å². The smallest absolute Gasteiger partial charge is 0.116 e. The van der Waals surface area contributed by atoms with E-state index in [1.165, 1.54) is 0 Å². The van der Waals surface area contributed by atoms with Crippen LogP contribution in [0.1, 0.15) is 6.92 Å². The Morgan fingerprint density at radius 2 is 2.56 bits per heavy atom. The van der Waals surface area contributed by atoms with Crippen LogP contribution >= 0.6 is 23.5 Å². The first kappa shape index (κ1) is 7.51. The summed E-state index contributed by atoms with van der Waals surface area (Å²) >= 11 is 3.58. The van der Waals surface area contributed by atoms with Gasteiger partial charge in [0, 0.05) is 12.4 Å². The Bertz CT molecular complexity index is 103. The zero-order chi connectivity index (χ0) is 6.53. The predicted molar refractivity (Wildman–Crippen MR) is 44.6 cm³/mol. The van der Waals surface area contributed by atoms with Crippen molar-refractivity contribution in [1.82, 2.24) is 0 Å². The standard InChI is InChI=1S/C6H10OS2/c1-2-7-6-5-8-3-4-9-6/h3-4,6H,2,5H2,1H3. The lowest BCUT2D eigenvalue weighted by Gasteiger charge is -2.15. The fourth-order valence-electron chi connectivity index (χ4n) is 0.606. The molecule has 1 aliphatic heterocycles. The molecule has 0 aromatic rings. The molecule has 9 heavy (non-hydrogen) atoms. The van der Waals surface area contributed by atoms with Gasteiger partial charge in [0.05, 0.1) is 0 Å². The molecule has 1 aliphatic rings. The largest absolute Gasteiger partial charge is 0.367 e. The van der Waals surface area contributed by atoms with Gasteiger partial charge in [-0.15, -0.1) is 23.5 Å². The average Bonchev–Trinajstić information content (AvgIpc) is 1.91. The number of hydrogen-bond acceptors (Lipinski definition) is 3. The zero-order valence-electron chi connectivity index (χ0n) is 5.37. The van der Waals surface area contributed by atoms with Gasteiger partial charge in [0.25, 0.3) is 0 Å². The van der Waals surface area contributed by atoms with E-state index < -0.39 is 0 Å². The van der Waals surface area contributed by atoms with Gasteiger partial charge in [-0.2, -0.15) is 0 Å². The van der Waals surface area contributed by atoms with Crippen LogP contribution in [0.2, 0.25) is 0 Å². The predicted octanol–water partition coefficient (Wildman–Crippen LogP) is 2.30. The third-order valence-corrected chi connectivity index (χ3v) is 3.07. The van der Waals surface area contributed by atoms with E-state index in [-0.39, 0.29) is 0 Å². The third-order valence-electron chi connectivity index (χ3n) is 0.967. The molecule has 0 bridgehead atoms. The summed E-state index contributed by atoms with van der Waals surface area (Å²) in [5.74, 6) is 1.09. The minimum absolute atomic E-state index is 0.394. The quantitative estimate of drug-likeness (QED) is 0.616. The van der Waals surface area contributed by atoms with Gasteiger partial charge in [-0.1, -0.05) is 0 Å². The SMILES string of the molecule is CCOC1CSC=CS1. The molecule has 1 heterocycles. The van der Waals surface area contributed by atoms with Crippen molar-refractivity contribution in [2.45, 2.75) is 12.4 Å². The molecule has 1 nitrogen and oxygen atoms in total.